The number of aromatic hydroxyl groups is 2. The number of allylic oxidation sites excluding steroid dienone is 1. The van der Waals surface area contributed by atoms with Gasteiger partial charge in [0.1, 0.15) is 11.2 Å². The molecular weight excluding hydrogens is 460 g/mol. The largest absolute Gasteiger partial charge is 0.504 e. The van der Waals surface area contributed by atoms with Gasteiger partial charge >= 0.3 is 0 Å². The van der Waals surface area contributed by atoms with E-state index in [1.54, 1.807) is 9.47 Å². The normalized spacial score (nSPS) is 24.6. The highest BCUT2D eigenvalue weighted by Crippen LogP contribution is 2.44. The fourth-order valence-corrected chi connectivity index (χ4v) is 6.15. The molecule has 2 atom stereocenters. The number of aromatic nitrogens is 1. The lowest BCUT2D eigenvalue weighted by Gasteiger charge is -2.47. The number of carbonyl (C=O) groups excluding carboxylic acids is 3. The van der Waals surface area contributed by atoms with Crippen LogP contribution in [-0.2, 0) is 16.1 Å². The fraction of sp³-hybridized carbons (Fsp3) is 0.519. The molecule has 1 saturated carbocycles. The van der Waals surface area contributed by atoms with Crippen molar-refractivity contribution in [2.45, 2.75) is 89.4 Å². The number of rotatable bonds is 4. The minimum absolute atomic E-state index is 0.00680. The molecule has 1 aromatic heterocycles. The van der Waals surface area contributed by atoms with Crippen molar-refractivity contribution < 1.29 is 24.6 Å². The molecule has 2 aliphatic carbocycles. The quantitative estimate of drug-likeness (QED) is 0.380. The van der Waals surface area contributed by atoms with Crippen molar-refractivity contribution in [3.63, 3.8) is 0 Å². The summed E-state index contributed by atoms with van der Waals surface area (Å²) >= 11 is 0. The number of phenols is 2. The Balaban J connectivity index is 1.64. The monoisotopic (exact) mass is 494 g/mol. The molecule has 0 saturated heterocycles. The van der Waals surface area contributed by atoms with E-state index in [-0.39, 0.29) is 59.2 Å². The number of carbonyl (C=O) groups is 3. The molecule has 36 heavy (non-hydrogen) atoms. The molecule has 4 N–H and O–H groups in total. The second kappa shape index (κ2) is 9.19. The summed E-state index contributed by atoms with van der Waals surface area (Å²) in [4.78, 5) is 42.0. The van der Waals surface area contributed by atoms with Crippen LogP contribution in [0.3, 0.4) is 0 Å². The van der Waals surface area contributed by atoms with Crippen LogP contribution in [0, 0.1) is 0 Å². The third-order valence-corrected chi connectivity index (χ3v) is 7.90. The van der Waals surface area contributed by atoms with Gasteiger partial charge in [0, 0.05) is 30.5 Å². The van der Waals surface area contributed by atoms with Crippen molar-refractivity contribution in [1.29, 1.82) is 0 Å². The van der Waals surface area contributed by atoms with Crippen LogP contribution in [0.1, 0.15) is 75.7 Å². The first-order chi connectivity index (χ1) is 17.2. The molecule has 192 valence electrons. The van der Waals surface area contributed by atoms with E-state index in [0.29, 0.717) is 10.9 Å². The van der Waals surface area contributed by atoms with Gasteiger partial charge in [-0.25, -0.2) is 0 Å². The molecule has 1 aliphatic heterocycles. The summed E-state index contributed by atoms with van der Waals surface area (Å²) in [5, 5.41) is 26.9. The molecule has 1 fully saturated rings. The highest BCUT2D eigenvalue weighted by atomic mass is 16.3. The first-order valence-corrected chi connectivity index (χ1v) is 12.9. The molecule has 0 bridgehead atoms. The van der Waals surface area contributed by atoms with Crippen LogP contribution in [0.25, 0.3) is 10.9 Å². The van der Waals surface area contributed by atoms with E-state index >= 15 is 0 Å². The zero-order valence-corrected chi connectivity index (χ0v) is 20.8. The second-order valence-electron chi connectivity index (χ2n) is 10.5. The maximum absolute atomic E-state index is 14.3. The SMILES string of the molecule is CC(=O)Nc1c2n(c3cc(O)c(O)cc13)CC(C)(C(=O)NC1CC=CCCC1)N(C1CCCC1)C2=O. The Hall–Kier alpha value is -3.49. The number of benzene rings is 1. The molecular formula is C27H34N4O5. The number of hydrogen-bond acceptors (Lipinski definition) is 5. The smallest absolute Gasteiger partial charge is 0.273 e. The van der Waals surface area contributed by atoms with E-state index in [2.05, 4.69) is 22.8 Å². The van der Waals surface area contributed by atoms with Gasteiger partial charge in [0.25, 0.3) is 5.91 Å². The van der Waals surface area contributed by atoms with Gasteiger partial charge in [-0.3, -0.25) is 14.4 Å². The van der Waals surface area contributed by atoms with E-state index in [1.807, 2.05) is 6.92 Å². The third-order valence-electron chi connectivity index (χ3n) is 7.90. The zero-order valence-electron chi connectivity index (χ0n) is 20.8. The summed E-state index contributed by atoms with van der Waals surface area (Å²) in [6.07, 6.45) is 11.5. The van der Waals surface area contributed by atoms with Gasteiger partial charge in [-0.2, -0.15) is 0 Å². The van der Waals surface area contributed by atoms with Gasteiger partial charge < -0.3 is 30.3 Å². The van der Waals surface area contributed by atoms with Crippen molar-refractivity contribution >= 4 is 34.3 Å². The number of anilines is 1. The number of nitrogens with one attached hydrogen (secondary N) is 2. The molecule has 2 aromatic rings. The van der Waals surface area contributed by atoms with Crippen molar-refractivity contribution in [3.8, 4) is 11.5 Å². The van der Waals surface area contributed by atoms with Crippen molar-refractivity contribution in [3.05, 3.63) is 30.0 Å². The molecule has 5 rings (SSSR count). The van der Waals surface area contributed by atoms with E-state index in [9.17, 15) is 24.6 Å². The van der Waals surface area contributed by atoms with Crippen LogP contribution in [0.15, 0.2) is 24.3 Å². The van der Waals surface area contributed by atoms with E-state index < -0.39 is 5.54 Å². The Kier molecular flexibility index (Phi) is 6.18. The van der Waals surface area contributed by atoms with Crippen molar-refractivity contribution in [1.82, 2.24) is 14.8 Å². The first kappa shape index (κ1) is 24.2. The highest BCUT2D eigenvalue weighted by molar-refractivity contribution is 6.15. The van der Waals surface area contributed by atoms with Crippen LogP contribution >= 0.6 is 0 Å². The number of phenolic OH excluding ortho intramolecular Hbond substituents is 2. The van der Waals surface area contributed by atoms with Gasteiger partial charge in [0.15, 0.2) is 11.5 Å². The summed E-state index contributed by atoms with van der Waals surface area (Å²) in [6, 6.07) is 2.66. The van der Waals surface area contributed by atoms with Crippen LogP contribution in [0.4, 0.5) is 5.69 Å². The number of amides is 3. The van der Waals surface area contributed by atoms with E-state index in [4.69, 9.17) is 0 Å². The number of nitrogens with zero attached hydrogens (tertiary/aromatic N) is 2. The topological polar surface area (TPSA) is 124 Å². The lowest BCUT2D eigenvalue weighted by atomic mass is 9.91. The van der Waals surface area contributed by atoms with Crippen molar-refractivity contribution in [2.75, 3.05) is 5.32 Å². The van der Waals surface area contributed by atoms with E-state index in [0.717, 1.165) is 51.4 Å². The fourth-order valence-electron chi connectivity index (χ4n) is 6.15. The molecule has 9 heteroatoms. The van der Waals surface area contributed by atoms with Crippen LogP contribution < -0.4 is 10.6 Å². The Labute approximate surface area is 210 Å². The lowest BCUT2D eigenvalue weighted by Crippen LogP contribution is -2.67. The van der Waals surface area contributed by atoms with Gasteiger partial charge in [-0.15, -0.1) is 0 Å². The summed E-state index contributed by atoms with van der Waals surface area (Å²) in [5.41, 5.74) is -0.140. The van der Waals surface area contributed by atoms with Gasteiger partial charge in [0.05, 0.1) is 17.7 Å². The van der Waals surface area contributed by atoms with Gasteiger partial charge in [-0.1, -0.05) is 25.0 Å². The standard InChI is InChI=1S/C27H34N4O5/c1-16(32)28-23-19-13-21(33)22(34)14-20(19)30-15-27(2,26(36)29-17-9-5-3-4-6-10-17)31(25(35)24(23)30)18-11-7-8-12-18/h3,5,13-14,17-18,33-34H,4,6-12,15H2,1-2H3,(H,28,32)(H,29,36). The molecule has 2 unspecified atom stereocenters. The summed E-state index contributed by atoms with van der Waals surface area (Å²) in [6.45, 7) is 3.34. The zero-order chi connectivity index (χ0) is 25.6. The average Bonchev–Trinajstić information content (AvgIpc) is 3.34. The predicted molar refractivity (Wildman–Crippen MR) is 136 cm³/mol. The third kappa shape index (κ3) is 4.00. The molecule has 0 spiro atoms. The Bertz CT molecular complexity index is 1260. The number of fused-ring (bicyclic) bond motifs is 3. The lowest BCUT2D eigenvalue weighted by molar-refractivity contribution is -0.135. The summed E-state index contributed by atoms with van der Waals surface area (Å²) < 4.78 is 1.71. The Morgan fingerprint density at radius 1 is 1.06 bits per heavy atom. The van der Waals surface area contributed by atoms with Gasteiger partial charge in [-0.05, 0) is 51.5 Å². The summed E-state index contributed by atoms with van der Waals surface area (Å²) in [5.74, 6) is -1.56. The molecule has 3 aliphatic rings. The first-order valence-electron chi connectivity index (χ1n) is 12.9. The van der Waals surface area contributed by atoms with Crippen LogP contribution in [-0.4, -0.2) is 55.0 Å². The van der Waals surface area contributed by atoms with E-state index in [1.165, 1.54) is 19.1 Å². The second-order valence-corrected chi connectivity index (χ2v) is 10.5. The molecule has 1 aromatic carbocycles. The maximum Gasteiger partial charge on any atom is 0.273 e. The molecule has 9 nitrogen and oxygen atoms in total. The molecule has 0 radical (unpaired) electrons. The highest BCUT2D eigenvalue weighted by Gasteiger charge is 2.52. The maximum atomic E-state index is 14.3. The van der Waals surface area contributed by atoms with Crippen LogP contribution in [0.2, 0.25) is 0 Å². The predicted octanol–water partition coefficient (Wildman–Crippen LogP) is 3.78. The Morgan fingerprint density at radius 3 is 2.50 bits per heavy atom. The minimum atomic E-state index is -1.16. The number of hydrogen-bond donors (Lipinski definition) is 4. The summed E-state index contributed by atoms with van der Waals surface area (Å²) in [7, 11) is 0. The molecule has 2 heterocycles. The van der Waals surface area contributed by atoms with Crippen molar-refractivity contribution in [2.24, 2.45) is 0 Å². The molecule has 3 amide bonds. The Morgan fingerprint density at radius 2 is 1.78 bits per heavy atom. The minimum Gasteiger partial charge on any atom is -0.504 e. The van der Waals surface area contributed by atoms with Crippen LogP contribution in [0.5, 0.6) is 11.5 Å². The van der Waals surface area contributed by atoms with Gasteiger partial charge in [0.2, 0.25) is 11.8 Å². The average molecular weight is 495 g/mol.